The first kappa shape index (κ1) is 16.9. The number of benzene rings is 1. The molecular weight excluding hydrogens is 410 g/mol. The van der Waals surface area contributed by atoms with E-state index in [0.29, 0.717) is 15.4 Å². The van der Waals surface area contributed by atoms with Gasteiger partial charge in [-0.1, -0.05) is 34.1 Å². The molecule has 3 rings (SSSR count). The van der Waals surface area contributed by atoms with Crippen LogP contribution in [0.1, 0.15) is 25.6 Å². The summed E-state index contributed by atoms with van der Waals surface area (Å²) in [5, 5.41) is 15.9. The fourth-order valence-electron chi connectivity index (χ4n) is 2.29. The van der Waals surface area contributed by atoms with Crippen LogP contribution in [-0.2, 0) is 0 Å². The molecule has 0 saturated heterocycles. The van der Waals surface area contributed by atoms with Crippen molar-refractivity contribution in [3.05, 3.63) is 61.6 Å². The summed E-state index contributed by atoms with van der Waals surface area (Å²) < 4.78 is 0.807. The van der Waals surface area contributed by atoms with E-state index in [-0.39, 0.29) is 11.5 Å². The summed E-state index contributed by atoms with van der Waals surface area (Å²) in [6.45, 7) is 1.85. The normalized spacial score (nSPS) is 10.6. The number of carboxylic acids is 1. The number of anilines is 1. The first-order valence-electron chi connectivity index (χ1n) is 6.94. The van der Waals surface area contributed by atoms with E-state index in [1.54, 1.807) is 5.38 Å². The minimum Gasteiger partial charge on any atom is -0.478 e. The monoisotopic (exact) mass is 421 g/mol. The van der Waals surface area contributed by atoms with Crippen LogP contribution in [-0.4, -0.2) is 17.0 Å². The Hall–Kier alpha value is -1.96. The Labute approximate surface area is 154 Å². The molecule has 0 radical (unpaired) electrons. The van der Waals surface area contributed by atoms with Crippen molar-refractivity contribution in [1.29, 1.82) is 0 Å². The van der Waals surface area contributed by atoms with E-state index in [1.165, 1.54) is 22.7 Å². The summed E-state index contributed by atoms with van der Waals surface area (Å²) in [7, 11) is 0. The summed E-state index contributed by atoms with van der Waals surface area (Å²) in [4.78, 5) is 25.3. The number of carboxylic acid groups (broad SMARTS) is 1. The number of carbonyl (C=O) groups is 2. The quantitative estimate of drug-likeness (QED) is 0.584. The Morgan fingerprint density at radius 3 is 2.54 bits per heavy atom. The molecule has 0 unspecified atom stereocenters. The molecule has 1 aromatic carbocycles. The number of carbonyl (C=O) groups excluding carboxylic acids is 1. The average Bonchev–Trinajstić information content (AvgIpc) is 3.14. The molecule has 0 aliphatic rings. The molecule has 2 N–H and O–H groups in total. The Balaban J connectivity index is 2.01. The van der Waals surface area contributed by atoms with Gasteiger partial charge in [0.15, 0.2) is 0 Å². The smallest absolute Gasteiger partial charge is 0.339 e. The molecule has 0 atom stereocenters. The second kappa shape index (κ2) is 6.88. The van der Waals surface area contributed by atoms with Gasteiger partial charge in [-0.15, -0.1) is 22.7 Å². The van der Waals surface area contributed by atoms with Crippen molar-refractivity contribution in [2.24, 2.45) is 0 Å². The van der Waals surface area contributed by atoms with Crippen molar-refractivity contribution in [1.82, 2.24) is 0 Å². The molecule has 24 heavy (non-hydrogen) atoms. The van der Waals surface area contributed by atoms with Gasteiger partial charge in [0.05, 0.1) is 15.4 Å². The number of aromatic carboxylic acids is 1. The Kier molecular flexibility index (Phi) is 4.84. The predicted molar refractivity (Wildman–Crippen MR) is 101 cm³/mol. The lowest BCUT2D eigenvalue weighted by Gasteiger charge is -2.07. The molecule has 0 fully saturated rings. The zero-order valence-corrected chi connectivity index (χ0v) is 15.7. The van der Waals surface area contributed by atoms with Crippen LogP contribution in [0.5, 0.6) is 0 Å². The lowest BCUT2D eigenvalue weighted by Crippen LogP contribution is -2.13. The standard InChI is InChI=1S/C17H12BrNO3S2/c1-9-6-7-23-14(9)16(20)19-12-8-24-15(13(12)17(21)22)10-4-2-3-5-11(10)18/h2-8H,1H3,(H,19,20)(H,21,22). The Morgan fingerprint density at radius 1 is 1.17 bits per heavy atom. The van der Waals surface area contributed by atoms with E-state index in [4.69, 9.17) is 0 Å². The molecule has 4 nitrogen and oxygen atoms in total. The Morgan fingerprint density at radius 2 is 1.92 bits per heavy atom. The molecule has 0 bridgehead atoms. The van der Waals surface area contributed by atoms with Gasteiger partial charge in [0, 0.05) is 15.4 Å². The van der Waals surface area contributed by atoms with Crippen molar-refractivity contribution < 1.29 is 14.7 Å². The number of hydrogen-bond acceptors (Lipinski definition) is 4. The number of aryl methyl sites for hydroxylation is 1. The number of rotatable bonds is 4. The highest BCUT2D eigenvalue weighted by Crippen LogP contribution is 2.39. The van der Waals surface area contributed by atoms with E-state index in [2.05, 4.69) is 21.2 Å². The van der Waals surface area contributed by atoms with Gasteiger partial charge in [-0.3, -0.25) is 4.79 Å². The third kappa shape index (κ3) is 3.15. The van der Waals surface area contributed by atoms with E-state index in [1.807, 2.05) is 42.6 Å². The second-order valence-corrected chi connectivity index (χ2v) is 7.68. The van der Waals surface area contributed by atoms with Crippen molar-refractivity contribution in [3.63, 3.8) is 0 Å². The SMILES string of the molecule is Cc1ccsc1C(=O)Nc1csc(-c2ccccc2Br)c1C(=O)O. The van der Waals surface area contributed by atoms with Crippen molar-refractivity contribution >= 4 is 56.2 Å². The molecule has 3 aromatic rings. The molecular formula is C17H12BrNO3S2. The summed E-state index contributed by atoms with van der Waals surface area (Å²) in [6, 6.07) is 9.27. The predicted octanol–water partition coefficient (Wildman–Crippen LogP) is 5.50. The number of hydrogen-bond donors (Lipinski definition) is 2. The molecule has 0 saturated carbocycles. The van der Waals surface area contributed by atoms with Crippen LogP contribution in [0.3, 0.4) is 0 Å². The van der Waals surface area contributed by atoms with Gasteiger partial charge in [0.1, 0.15) is 5.56 Å². The zero-order valence-electron chi connectivity index (χ0n) is 12.5. The molecule has 0 spiro atoms. The highest BCUT2D eigenvalue weighted by Gasteiger charge is 2.23. The van der Waals surface area contributed by atoms with Gasteiger partial charge < -0.3 is 10.4 Å². The van der Waals surface area contributed by atoms with E-state index >= 15 is 0 Å². The molecule has 2 aromatic heterocycles. The van der Waals surface area contributed by atoms with Gasteiger partial charge in [-0.05, 0) is 30.0 Å². The van der Waals surface area contributed by atoms with Crippen LogP contribution in [0.25, 0.3) is 10.4 Å². The van der Waals surface area contributed by atoms with Crippen LogP contribution in [0.15, 0.2) is 45.6 Å². The zero-order chi connectivity index (χ0) is 17.3. The molecule has 1 amide bonds. The minimum absolute atomic E-state index is 0.106. The first-order valence-corrected chi connectivity index (χ1v) is 9.49. The van der Waals surface area contributed by atoms with Crippen LogP contribution in [0, 0.1) is 6.92 Å². The maximum atomic E-state index is 12.4. The number of thiophene rings is 2. The number of nitrogens with one attached hydrogen (secondary N) is 1. The maximum absolute atomic E-state index is 12.4. The van der Waals surface area contributed by atoms with Gasteiger partial charge in [0.25, 0.3) is 5.91 Å². The van der Waals surface area contributed by atoms with Gasteiger partial charge >= 0.3 is 5.97 Å². The topological polar surface area (TPSA) is 66.4 Å². The number of halogens is 1. The van der Waals surface area contributed by atoms with Crippen LogP contribution >= 0.6 is 38.6 Å². The minimum atomic E-state index is -1.07. The van der Waals surface area contributed by atoms with Gasteiger partial charge in [0.2, 0.25) is 0 Å². The molecule has 0 aliphatic carbocycles. The lowest BCUT2D eigenvalue weighted by atomic mass is 10.1. The molecule has 7 heteroatoms. The maximum Gasteiger partial charge on any atom is 0.339 e. The summed E-state index contributed by atoms with van der Waals surface area (Å²) in [6.07, 6.45) is 0. The van der Waals surface area contributed by atoms with Crippen LogP contribution < -0.4 is 5.32 Å². The van der Waals surface area contributed by atoms with Crippen molar-refractivity contribution in [2.45, 2.75) is 6.92 Å². The molecule has 2 heterocycles. The van der Waals surface area contributed by atoms with E-state index in [9.17, 15) is 14.7 Å². The highest BCUT2D eigenvalue weighted by molar-refractivity contribution is 9.10. The van der Waals surface area contributed by atoms with E-state index < -0.39 is 5.97 Å². The van der Waals surface area contributed by atoms with E-state index in [0.717, 1.165) is 15.6 Å². The summed E-state index contributed by atoms with van der Waals surface area (Å²) >= 11 is 6.07. The van der Waals surface area contributed by atoms with Gasteiger partial charge in [-0.2, -0.15) is 0 Å². The molecule has 0 aliphatic heterocycles. The summed E-state index contributed by atoms with van der Waals surface area (Å²) in [5.74, 6) is -1.36. The fourth-order valence-corrected chi connectivity index (χ4v) is 4.76. The third-order valence-corrected chi connectivity index (χ3v) is 6.16. The fraction of sp³-hybridized carbons (Fsp3) is 0.0588. The average molecular weight is 422 g/mol. The Bertz CT molecular complexity index is 930. The van der Waals surface area contributed by atoms with Gasteiger partial charge in [-0.25, -0.2) is 4.79 Å². The third-order valence-electron chi connectivity index (χ3n) is 3.44. The molecule has 122 valence electrons. The second-order valence-electron chi connectivity index (χ2n) is 5.03. The largest absolute Gasteiger partial charge is 0.478 e. The van der Waals surface area contributed by atoms with Crippen molar-refractivity contribution in [2.75, 3.05) is 5.32 Å². The van der Waals surface area contributed by atoms with Crippen molar-refractivity contribution in [3.8, 4) is 10.4 Å². The lowest BCUT2D eigenvalue weighted by molar-refractivity contribution is 0.0699. The van der Waals surface area contributed by atoms with Crippen LogP contribution in [0.4, 0.5) is 5.69 Å². The highest BCUT2D eigenvalue weighted by atomic mass is 79.9. The van der Waals surface area contributed by atoms with Crippen LogP contribution in [0.2, 0.25) is 0 Å². The summed E-state index contributed by atoms with van der Waals surface area (Å²) in [5.41, 5.74) is 2.08. The first-order chi connectivity index (χ1) is 11.5. The number of amides is 1.